The van der Waals surface area contributed by atoms with Gasteiger partial charge >= 0.3 is 12.1 Å². The molecule has 0 spiro atoms. The lowest BCUT2D eigenvalue weighted by molar-refractivity contribution is -0.186. The van der Waals surface area contributed by atoms with Crippen molar-refractivity contribution in [3.8, 4) is 0 Å². The number of halogens is 4. The maximum atomic E-state index is 12.5. The highest BCUT2D eigenvalue weighted by atomic mass is 35.7. The van der Waals surface area contributed by atoms with Crippen molar-refractivity contribution in [2.24, 2.45) is 0 Å². The van der Waals surface area contributed by atoms with Crippen LogP contribution in [0.1, 0.15) is 18.4 Å². The van der Waals surface area contributed by atoms with Gasteiger partial charge in [-0.15, -0.1) is 0 Å². The molecule has 1 saturated heterocycles. The first-order valence-corrected chi connectivity index (χ1v) is 10.1. The van der Waals surface area contributed by atoms with E-state index < -0.39 is 21.1 Å². The summed E-state index contributed by atoms with van der Waals surface area (Å²) in [4.78, 5) is 14.1. The van der Waals surface area contributed by atoms with Crippen molar-refractivity contribution in [3.63, 3.8) is 0 Å². The van der Waals surface area contributed by atoms with E-state index in [4.69, 9.17) is 10.7 Å². The summed E-state index contributed by atoms with van der Waals surface area (Å²) in [5, 5.41) is 0. The van der Waals surface area contributed by atoms with Gasteiger partial charge in [-0.1, -0.05) is 6.07 Å². The monoisotopic (exact) mass is 396 g/mol. The third-order valence-electron chi connectivity index (χ3n) is 4.70. The Morgan fingerprint density at radius 2 is 1.80 bits per heavy atom. The fraction of sp³-hybridized carbons (Fsp3) is 0.533. The van der Waals surface area contributed by atoms with Crippen LogP contribution in [0.5, 0.6) is 0 Å². The molecule has 0 atom stereocenters. The van der Waals surface area contributed by atoms with E-state index in [-0.39, 0.29) is 24.0 Å². The maximum Gasteiger partial charge on any atom is 0.471 e. The summed E-state index contributed by atoms with van der Waals surface area (Å²) in [6, 6.07) is 4.65. The van der Waals surface area contributed by atoms with Crippen LogP contribution in [0.4, 0.5) is 18.9 Å². The van der Waals surface area contributed by atoms with E-state index in [2.05, 4.69) is 0 Å². The number of carbonyl (C=O) groups is 1. The normalized spacial score (nSPS) is 19.2. The molecule has 138 valence electrons. The topological polar surface area (TPSA) is 57.7 Å². The molecule has 2 aliphatic rings. The summed E-state index contributed by atoms with van der Waals surface area (Å²) in [7, 11) is 1.55. The standard InChI is InChI=1S/C15H16ClF3N2O3S/c16-25(23,24)12-2-1-10-3-8-21(13(10)9-12)11-4-6-20(7-5-11)14(22)15(17,18)19/h1-2,9,11H,3-8H2. The summed E-state index contributed by atoms with van der Waals surface area (Å²) < 4.78 is 60.6. The van der Waals surface area contributed by atoms with E-state index >= 15 is 0 Å². The minimum atomic E-state index is -4.85. The molecule has 2 heterocycles. The molecule has 1 aromatic rings. The molecule has 5 nitrogen and oxygen atoms in total. The zero-order chi connectivity index (χ0) is 18.4. The highest BCUT2D eigenvalue weighted by Gasteiger charge is 2.44. The molecule has 10 heteroatoms. The first kappa shape index (κ1) is 18.3. The Kier molecular flexibility index (Phi) is 4.65. The van der Waals surface area contributed by atoms with Crippen molar-refractivity contribution in [1.82, 2.24) is 4.90 Å². The van der Waals surface area contributed by atoms with E-state index in [1.807, 2.05) is 4.90 Å². The Hall–Kier alpha value is -1.48. The molecule has 0 N–H and O–H groups in total. The third-order valence-corrected chi connectivity index (χ3v) is 6.06. The third kappa shape index (κ3) is 3.72. The van der Waals surface area contributed by atoms with E-state index in [1.165, 1.54) is 12.1 Å². The number of nitrogens with zero attached hydrogens (tertiary/aromatic N) is 2. The molecule has 0 bridgehead atoms. The lowest BCUT2D eigenvalue weighted by Gasteiger charge is -2.38. The van der Waals surface area contributed by atoms with E-state index in [0.29, 0.717) is 19.4 Å². The fourth-order valence-electron chi connectivity index (χ4n) is 3.47. The number of fused-ring (bicyclic) bond motifs is 1. The number of anilines is 1. The van der Waals surface area contributed by atoms with Crippen LogP contribution in [-0.4, -0.2) is 51.1 Å². The van der Waals surface area contributed by atoms with E-state index in [0.717, 1.165) is 22.6 Å². The Labute approximate surface area is 147 Å². The van der Waals surface area contributed by atoms with Gasteiger partial charge in [0.2, 0.25) is 0 Å². The molecule has 0 saturated carbocycles. The van der Waals surface area contributed by atoms with Gasteiger partial charge in [0.25, 0.3) is 9.05 Å². The van der Waals surface area contributed by atoms with Crippen LogP contribution >= 0.6 is 10.7 Å². The van der Waals surface area contributed by atoms with Gasteiger partial charge in [-0.05, 0) is 37.0 Å². The SMILES string of the molecule is O=C(N1CCC(N2CCc3ccc(S(=O)(=O)Cl)cc32)CC1)C(F)(F)F. The summed E-state index contributed by atoms with van der Waals surface area (Å²) in [5.41, 5.74) is 1.74. The second-order valence-electron chi connectivity index (χ2n) is 6.19. The van der Waals surface area contributed by atoms with Crippen molar-refractivity contribution < 1.29 is 26.4 Å². The number of likely N-dealkylation sites (tertiary alicyclic amines) is 1. The second-order valence-corrected chi connectivity index (χ2v) is 8.76. The molecule has 0 radical (unpaired) electrons. The number of amides is 1. The van der Waals surface area contributed by atoms with Crippen molar-refractivity contribution in [2.75, 3.05) is 24.5 Å². The Bertz CT molecular complexity index is 790. The van der Waals surface area contributed by atoms with Gasteiger partial charge in [-0.3, -0.25) is 4.79 Å². The molecule has 0 unspecified atom stereocenters. The Morgan fingerprint density at radius 3 is 2.36 bits per heavy atom. The van der Waals surface area contributed by atoms with Crippen LogP contribution in [0.3, 0.4) is 0 Å². The fourth-order valence-corrected chi connectivity index (χ4v) is 4.25. The highest BCUT2D eigenvalue weighted by molar-refractivity contribution is 8.13. The number of hydrogen-bond acceptors (Lipinski definition) is 4. The quantitative estimate of drug-likeness (QED) is 0.721. The summed E-state index contributed by atoms with van der Waals surface area (Å²) in [6.45, 7) is 0.726. The van der Waals surface area contributed by atoms with Gasteiger partial charge < -0.3 is 9.80 Å². The zero-order valence-corrected chi connectivity index (χ0v) is 14.7. The largest absolute Gasteiger partial charge is 0.471 e. The highest BCUT2D eigenvalue weighted by Crippen LogP contribution is 2.35. The number of carbonyl (C=O) groups excluding carboxylic acids is 1. The van der Waals surface area contributed by atoms with Crippen molar-refractivity contribution in [3.05, 3.63) is 23.8 Å². The predicted molar refractivity (Wildman–Crippen MR) is 86.2 cm³/mol. The second kappa shape index (κ2) is 6.35. The molecule has 25 heavy (non-hydrogen) atoms. The van der Waals surface area contributed by atoms with Crippen LogP contribution in [0.25, 0.3) is 0 Å². The summed E-state index contributed by atoms with van der Waals surface area (Å²) in [5.74, 6) is -1.80. The van der Waals surface area contributed by atoms with Crippen LogP contribution in [0.2, 0.25) is 0 Å². The van der Waals surface area contributed by atoms with Gasteiger partial charge in [-0.25, -0.2) is 8.42 Å². The van der Waals surface area contributed by atoms with Crippen molar-refractivity contribution in [2.45, 2.75) is 36.4 Å². The van der Waals surface area contributed by atoms with Crippen molar-refractivity contribution >= 4 is 31.3 Å². The number of alkyl halides is 3. The summed E-state index contributed by atoms with van der Waals surface area (Å²) >= 11 is 0. The van der Waals surface area contributed by atoms with Gasteiger partial charge in [0.05, 0.1) is 4.90 Å². The van der Waals surface area contributed by atoms with E-state index in [1.54, 1.807) is 6.07 Å². The molecule has 3 rings (SSSR count). The average molecular weight is 397 g/mol. The number of rotatable bonds is 2. The molecule has 0 aliphatic carbocycles. The van der Waals surface area contributed by atoms with E-state index in [9.17, 15) is 26.4 Å². The Morgan fingerprint density at radius 1 is 1.16 bits per heavy atom. The number of piperidine rings is 1. The maximum absolute atomic E-state index is 12.5. The zero-order valence-electron chi connectivity index (χ0n) is 13.1. The molecule has 1 amide bonds. The van der Waals surface area contributed by atoms with Crippen molar-refractivity contribution in [1.29, 1.82) is 0 Å². The minimum Gasteiger partial charge on any atom is -0.368 e. The van der Waals surface area contributed by atoms with Crippen LogP contribution in [-0.2, 0) is 20.3 Å². The van der Waals surface area contributed by atoms with Crippen LogP contribution in [0.15, 0.2) is 23.1 Å². The lowest BCUT2D eigenvalue weighted by atomic mass is 10.0. The minimum absolute atomic E-state index is 0.00417. The van der Waals surface area contributed by atoms with Crippen LogP contribution < -0.4 is 4.90 Å². The Balaban J connectivity index is 1.74. The molecule has 1 aromatic carbocycles. The smallest absolute Gasteiger partial charge is 0.368 e. The average Bonchev–Trinajstić information content (AvgIpc) is 2.95. The van der Waals surface area contributed by atoms with Crippen LogP contribution in [0, 0.1) is 0 Å². The molecule has 0 aromatic heterocycles. The van der Waals surface area contributed by atoms with Gasteiger partial charge in [0, 0.05) is 42.0 Å². The lowest BCUT2D eigenvalue weighted by Crippen LogP contribution is -2.50. The predicted octanol–water partition coefficient (Wildman–Crippen LogP) is 2.53. The first-order chi connectivity index (χ1) is 11.6. The summed E-state index contributed by atoms with van der Waals surface area (Å²) in [6.07, 6.45) is -3.31. The molecular weight excluding hydrogens is 381 g/mol. The molecule has 2 aliphatic heterocycles. The number of hydrogen-bond donors (Lipinski definition) is 0. The first-order valence-electron chi connectivity index (χ1n) is 7.78. The number of benzene rings is 1. The van der Waals surface area contributed by atoms with Gasteiger partial charge in [0.15, 0.2) is 0 Å². The van der Waals surface area contributed by atoms with Gasteiger partial charge in [-0.2, -0.15) is 13.2 Å². The molecular formula is C15H16ClF3N2O3S. The molecule has 1 fully saturated rings. The van der Waals surface area contributed by atoms with Gasteiger partial charge in [0.1, 0.15) is 0 Å².